The molecule has 0 bridgehead atoms. The lowest BCUT2D eigenvalue weighted by molar-refractivity contribution is -0.189. The quantitative estimate of drug-likeness (QED) is 0.0763. The van der Waals surface area contributed by atoms with Crippen LogP contribution in [-0.2, 0) is 9.59 Å². The average molecular weight is 590 g/mol. The molecule has 5 N–H and O–H groups in total. The molecule has 0 aliphatic carbocycles. The number of benzene rings is 3. The fraction of sp³-hybridized carbons (Fsp3) is 0.250. The second-order valence-electron chi connectivity index (χ2n) is 8.52. The fourth-order valence-corrected chi connectivity index (χ4v) is 3.55. The number of halogens is 3. The Labute approximate surface area is 239 Å². The van der Waals surface area contributed by atoms with Gasteiger partial charge in [-0.3, -0.25) is 21.1 Å². The van der Waals surface area contributed by atoms with Crippen molar-refractivity contribution in [3.63, 3.8) is 0 Å². The van der Waals surface area contributed by atoms with Gasteiger partial charge in [0.05, 0.1) is 32.1 Å². The van der Waals surface area contributed by atoms with Gasteiger partial charge in [0.15, 0.2) is 23.4 Å². The summed E-state index contributed by atoms with van der Waals surface area (Å²) < 4.78 is 59.6. The van der Waals surface area contributed by atoms with Gasteiger partial charge in [-0.1, -0.05) is 37.3 Å². The summed E-state index contributed by atoms with van der Waals surface area (Å²) in [5.74, 6) is -3.01. The van der Waals surface area contributed by atoms with Crippen molar-refractivity contribution in [2.24, 2.45) is 10.8 Å². The number of para-hydroxylation sites is 2. The van der Waals surface area contributed by atoms with Gasteiger partial charge in [0.1, 0.15) is 11.5 Å². The minimum absolute atomic E-state index is 0.126. The number of nitrogens with two attached hydrogens (primary N) is 1. The van der Waals surface area contributed by atoms with Crippen molar-refractivity contribution in [2.45, 2.75) is 25.6 Å². The molecule has 224 valence electrons. The van der Waals surface area contributed by atoms with Gasteiger partial charge in [-0.2, -0.15) is 18.3 Å². The van der Waals surface area contributed by atoms with Gasteiger partial charge in [0.25, 0.3) is 5.91 Å². The van der Waals surface area contributed by atoms with Crippen molar-refractivity contribution in [2.75, 3.05) is 26.3 Å². The Kier molecular flexibility index (Phi) is 10.8. The molecule has 1 unspecified atom stereocenters. The highest BCUT2D eigenvalue weighted by Crippen LogP contribution is 2.38. The maximum Gasteiger partial charge on any atom is 0.491 e. The zero-order chi connectivity index (χ0) is 30.7. The lowest BCUT2D eigenvalue weighted by Gasteiger charge is -2.22. The van der Waals surface area contributed by atoms with E-state index in [1.165, 1.54) is 38.5 Å². The van der Waals surface area contributed by atoms with E-state index < -0.39 is 29.8 Å². The van der Waals surface area contributed by atoms with Gasteiger partial charge in [-0.25, -0.2) is 4.79 Å². The highest BCUT2D eigenvalue weighted by molar-refractivity contribution is 6.00. The normalized spacial score (nSPS) is 12.1. The number of anilines is 1. The molecular formula is C28H30F3N5O6. The molecule has 14 heteroatoms. The van der Waals surface area contributed by atoms with E-state index in [-0.39, 0.29) is 28.5 Å². The smallest absolute Gasteiger partial charge is 0.491 e. The maximum atomic E-state index is 13.5. The number of hydrazine groups is 1. The highest BCUT2D eigenvalue weighted by atomic mass is 19.4. The number of alkyl halides is 3. The number of esters is 1. The molecule has 0 radical (unpaired) electrons. The monoisotopic (exact) mass is 589 g/mol. The SMILES string of the molecule is CCCOc1cc(OC)c(OC)cc1C(N/N=C(\N)c1ccccc1OC(=O)C(F)(F)F)C(=O)NNc1ccccc1. The van der Waals surface area contributed by atoms with Crippen molar-refractivity contribution in [3.05, 3.63) is 77.9 Å². The number of amidine groups is 1. The molecule has 3 rings (SSSR count). The van der Waals surface area contributed by atoms with E-state index in [1.54, 1.807) is 36.4 Å². The van der Waals surface area contributed by atoms with Crippen LogP contribution in [0.1, 0.15) is 30.5 Å². The Hall–Kier alpha value is -5.14. The maximum absolute atomic E-state index is 13.5. The predicted molar refractivity (Wildman–Crippen MR) is 148 cm³/mol. The first-order chi connectivity index (χ1) is 20.1. The second kappa shape index (κ2) is 14.5. The Morgan fingerprint density at radius 2 is 1.57 bits per heavy atom. The van der Waals surface area contributed by atoms with Crippen LogP contribution in [0.2, 0.25) is 0 Å². The Bertz CT molecular complexity index is 1400. The number of nitrogens with one attached hydrogen (secondary N) is 3. The largest absolute Gasteiger partial charge is 0.493 e. The zero-order valence-electron chi connectivity index (χ0n) is 23.0. The first-order valence-electron chi connectivity index (χ1n) is 12.6. The molecule has 1 amide bonds. The molecule has 0 fully saturated rings. The van der Waals surface area contributed by atoms with E-state index in [1.807, 2.05) is 6.92 Å². The Morgan fingerprint density at radius 1 is 0.929 bits per heavy atom. The van der Waals surface area contributed by atoms with Crippen molar-refractivity contribution in [1.29, 1.82) is 0 Å². The summed E-state index contributed by atoms with van der Waals surface area (Å²) in [6.45, 7) is 2.21. The molecule has 0 aromatic heterocycles. The van der Waals surface area contributed by atoms with E-state index in [9.17, 15) is 22.8 Å². The molecule has 0 saturated carbocycles. The second-order valence-corrected chi connectivity index (χ2v) is 8.52. The van der Waals surface area contributed by atoms with Crippen molar-refractivity contribution in [3.8, 4) is 23.0 Å². The van der Waals surface area contributed by atoms with Crippen LogP contribution in [0, 0.1) is 0 Å². The van der Waals surface area contributed by atoms with Crippen LogP contribution >= 0.6 is 0 Å². The van der Waals surface area contributed by atoms with Crippen LogP contribution in [0.15, 0.2) is 71.8 Å². The number of nitrogens with zero attached hydrogens (tertiary/aromatic N) is 1. The molecule has 0 aliphatic rings. The molecule has 11 nitrogen and oxygen atoms in total. The van der Waals surface area contributed by atoms with E-state index in [0.717, 1.165) is 6.07 Å². The average Bonchev–Trinajstić information content (AvgIpc) is 2.99. The standard InChI is InChI=1S/C28H30F3N5O6/c1-4-14-41-21-16-23(40-3)22(39-2)15-19(21)24(26(37)36-33-17-10-6-5-7-11-17)34-35-25(32)18-12-8-9-13-20(18)42-27(38)28(29,30)31/h5-13,15-16,24,33-34H,4,14H2,1-3H3,(H2,32,35)(H,36,37). The molecule has 0 spiro atoms. The van der Waals surface area contributed by atoms with Crippen LogP contribution in [0.3, 0.4) is 0 Å². The Morgan fingerprint density at radius 3 is 2.21 bits per heavy atom. The number of hydrazone groups is 1. The van der Waals surface area contributed by atoms with Crippen LogP contribution in [0.5, 0.6) is 23.0 Å². The number of amides is 1. The lowest BCUT2D eigenvalue weighted by atomic mass is 10.0. The van der Waals surface area contributed by atoms with Gasteiger partial charge in [-0.05, 0) is 36.8 Å². The van der Waals surface area contributed by atoms with Gasteiger partial charge < -0.3 is 24.7 Å². The van der Waals surface area contributed by atoms with E-state index in [4.69, 9.17) is 19.9 Å². The first kappa shape index (κ1) is 31.4. The number of carbonyl (C=O) groups excluding carboxylic acids is 2. The Balaban J connectivity index is 2.02. The minimum atomic E-state index is -5.23. The summed E-state index contributed by atoms with van der Waals surface area (Å²) in [6, 6.07) is 15.8. The van der Waals surface area contributed by atoms with E-state index in [2.05, 4.69) is 26.1 Å². The van der Waals surface area contributed by atoms with Gasteiger partial charge in [0, 0.05) is 11.6 Å². The molecular weight excluding hydrogens is 559 g/mol. The molecule has 0 aliphatic heterocycles. The van der Waals surface area contributed by atoms with Gasteiger partial charge in [0.2, 0.25) is 0 Å². The third-order valence-electron chi connectivity index (χ3n) is 5.57. The molecule has 0 heterocycles. The minimum Gasteiger partial charge on any atom is -0.493 e. The molecule has 3 aromatic rings. The summed E-state index contributed by atoms with van der Waals surface area (Å²) in [7, 11) is 2.87. The molecule has 42 heavy (non-hydrogen) atoms. The summed E-state index contributed by atoms with van der Waals surface area (Å²) in [6.07, 6.45) is -4.57. The van der Waals surface area contributed by atoms with E-state index in [0.29, 0.717) is 24.5 Å². The van der Waals surface area contributed by atoms with Crippen LogP contribution < -0.4 is 41.0 Å². The van der Waals surface area contributed by atoms with Crippen LogP contribution in [-0.4, -0.2) is 44.7 Å². The molecule has 0 saturated heterocycles. The predicted octanol–water partition coefficient (Wildman–Crippen LogP) is 4.05. The first-order valence-corrected chi connectivity index (χ1v) is 12.6. The number of hydrogen-bond acceptors (Lipinski definition) is 9. The third-order valence-corrected chi connectivity index (χ3v) is 5.57. The topological polar surface area (TPSA) is 146 Å². The number of methoxy groups -OCH3 is 2. The zero-order valence-corrected chi connectivity index (χ0v) is 23.0. The van der Waals surface area contributed by atoms with Crippen molar-refractivity contribution < 1.29 is 41.7 Å². The van der Waals surface area contributed by atoms with Crippen LogP contribution in [0.4, 0.5) is 18.9 Å². The summed E-state index contributed by atoms with van der Waals surface area (Å²) in [5, 5.41) is 4.05. The fourth-order valence-electron chi connectivity index (χ4n) is 3.55. The van der Waals surface area contributed by atoms with Crippen LogP contribution in [0.25, 0.3) is 0 Å². The van der Waals surface area contributed by atoms with Crippen molar-refractivity contribution in [1.82, 2.24) is 10.9 Å². The van der Waals surface area contributed by atoms with Crippen molar-refractivity contribution >= 4 is 23.4 Å². The molecule has 3 aromatic carbocycles. The molecule has 1 atom stereocenters. The summed E-state index contributed by atoms with van der Waals surface area (Å²) in [5.41, 5.74) is 14.9. The number of hydrogen-bond donors (Lipinski definition) is 4. The third kappa shape index (κ3) is 8.19. The van der Waals surface area contributed by atoms with E-state index >= 15 is 0 Å². The number of rotatable bonds is 13. The number of ether oxygens (including phenoxy) is 4. The summed E-state index contributed by atoms with van der Waals surface area (Å²) >= 11 is 0. The summed E-state index contributed by atoms with van der Waals surface area (Å²) in [4.78, 5) is 24.9. The highest BCUT2D eigenvalue weighted by Gasteiger charge is 2.41. The van der Waals surface area contributed by atoms with Gasteiger partial charge in [-0.15, -0.1) is 0 Å². The number of carbonyl (C=O) groups is 2. The van der Waals surface area contributed by atoms with Gasteiger partial charge >= 0.3 is 12.1 Å². The lowest BCUT2D eigenvalue weighted by Crippen LogP contribution is -2.39.